The maximum absolute atomic E-state index is 12.7. The van der Waals surface area contributed by atoms with Crippen LogP contribution >= 0.6 is 34.5 Å². The molecule has 3 nitrogen and oxygen atoms in total. The first-order chi connectivity index (χ1) is 12.2. The molecular formula is C20H20Cl2N2OS. The zero-order valence-corrected chi connectivity index (χ0v) is 17.3. The third-order valence-electron chi connectivity index (χ3n) is 5.02. The summed E-state index contributed by atoms with van der Waals surface area (Å²) in [6.07, 6.45) is 2.88. The summed E-state index contributed by atoms with van der Waals surface area (Å²) >= 11 is 13.8. The number of benzene rings is 1. The van der Waals surface area contributed by atoms with Crippen molar-refractivity contribution in [1.82, 2.24) is 0 Å². The molecule has 0 fully saturated rings. The second kappa shape index (κ2) is 7.23. The van der Waals surface area contributed by atoms with E-state index in [1.54, 1.807) is 18.2 Å². The number of fused-ring (bicyclic) bond motifs is 1. The summed E-state index contributed by atoms with van der Waals surface area (Å²) in [5, 5.41) is 13.7. The first-order valence-corrected chi connectivity index (χ1v) is 10.1. The fraction of sp³-hybridized carbons (Fsp3) is 0.400. The lowest BCUT2D eigenvalue weighted by molar-refractivity contribution is 0.102. The van der Waals surface area contributed by atoms with Crippen LogP contribution in [0.4, 0.5) is 5.00 Å². The van der Waals surface area contributed by atoms with E-state index in [9.17, 15) is 10.1 Å². The van der Waals surface area contributed by atoms with E-state index >= 15 is 0 Å². The topological polar surface area (TPSA) is 52.9 Å². The van der Waals surface area contributed by atoms with Crippen molar-refractivity contribution in [2.45, 2.75) is 40.0 Å². The number of amides is 1. The molecule has 0 aliphatic heterocycles. The molecule has 0 saturated heterocycles. The molecule has 1 N–H and O–H groups in total. The molecule has 1 aliphatic rings. The minimum Gasteiger partial charge on any atom is -0.312 e. The molecule has 0 saturated carbocycles. The Morgan fingerprint density at radius 1 is 1.31 bits per heavy atom. The molecule has 0 unspecified atom stereocenters. The monoisotopic (exact) mass is 406 g/mol. The Labute approximate surface area is 167 Å². The molecule has 6 heteroatoms. The molecule has 0 spiro atoms. The summed E-state index contributed by atoms with van der Waals surface area (Å²) in [5.74, 6) is 0.185. The van der Waals surface area contributed by atoms with Crippen molar-refractivity contribution in [2.24, 2.45) is 11.3 Å². The summed E-state index contributed by atoms with van der Waals surface area (Å²) in [6, 6.07) is 7.22. The van der Waals surface area contributed by atoms with E-state index in [-0.39, 0.29) is 16.9 Å². The predicted octanol–water partition coefficient (Wildman–Crippen LogP) is 6.33. The van der Waals surface area contributed by atoms with Crippen LogP contribution in [-0.2, 0) is 12.8 Å². The summed E-state index contributed by atoms with van der Waals surface area (Å²) in [4.78, 5) is 13.9. The van der Waals surface area contributed by atoms with Gasteiger partial charge in [0, 0.05) is 4.88 Å². The maximum atomic E-state index is 12.7. The van der Waals surface area contributed by atoms with E-state index in [0.29, 0.717) is 26.5 Å². The number of hydrogen-bond donors (Lipinski definition) is 1. The average molecular weight is 407 g/mol. The van der Waals surface area contributed by atoms with Gasteiger partial charge >= 0.3 is 0 Å². The zero-order valence-electron chi connectivity index (χ0n) is 15.0. The van der Waals surface area contributed by atoms with Crippen molar-refractivity contribution >= 4 is 45.4 Å². The molecule has 0 bridgehead atoms. The van der Waals surface area contributed by atoms with Crippen molar-refractivity contribution in [3.05, 3.63) is 49.8 Å². The smallest absolute Gasteiger partial charge is 0.259 e. The Kier molecular flexibility index (Phi) is 5.35. The normalized spacial score (nSPS) is 16.7. The Morgan fingerprint density at radius 3 is 2.54 bits per heavy atom. The summed E-state index contributed by atoms with van der Waals surface area (Å²) in [7, 11) is 0. The number of nitrogens with zero attached hydrogens (tertiary/aromatic N) is 1. The first kappa shape index (κ1) is 19.2. The van der Waals surface area contributed by atoms with Gasteiger partial charge < -0.3 is 5.32 Å². The molecular weight excluding hydrogens is 387 g/mol. The zero-order chi connectivity index (χ0) is 19.1. The standard InChI is InChI=1S/C20H20Cl2N2OS/c1-20(2,3)11-7-8-12-13(10-23)19(26-16(12)9-11)24-18(25)17-14(21)5-4-6-15(17)22/h4-6,11H,7-9H2,1-3H3,(H,24,25)/t11-/m0/s1. The van der Waals surface area contributed by atoms with Gasteiger partial charge in [0.25, 0.3) is 5.91 Å². The van der Waals surface area contributed by atoms with Gasteiger partial charge in [-0.15, -0.1) is 11.3 Å². The molecule has 1 atom stereocenters. The van der Waals surface area contributed by atoms with Gasteiger partial charge in [0.2, 0.25) is 0 Å². The van der Waals surface area contributed by atoms with E-state index in [2.05, 4.69) is 32.2 Å². The highest BCUT2D eigenvalue weighted by atomic mass is 35.5. The van der Waals surface area contributed by atoms with E-state index < -0.39 is 0 Å². The number of nitriles is 1. The van der Waals surface area contributed by atoms with Crippen molar-refractivity contribution in [1.29, 1.82) is 5.26 Å². The number of anilines is 1. The van der Waals surface area contributed by atoms with Gasteiger partial charge in [-0.25, -0.2) is 0 Å². The van der Waals surface area contributed by atoms with Gasteiger partial charge in [-0.2, -0.15) is 5.26 Å². The highest BCUT2D eigenvalue weighted by Gasteiger charge is 2.32. The summed E-state index contributed by atoms with van der Waals surface area (Å²) in [5.41, 5.74) is 2.12. The van der Waals surface area contributed by atoms with Crippen LogP contribution in [0, 0.1) is 22.7 Å². The Morgan fingerprint density at radius 2 is 1.96 bits per heavy atom. The molecule has 3 rings (SSSR count). The first-order valence-electron chi connectivity index (χ1n) is 8.52. The van der Waals surface area contributed by atoms with Crippen molar-refractivity contribution in [3.63, 3.8) is 0 Å². The van der Waals surface area contributed by atoms with Crippen molar-refractivity contribution in [2.75, 3.05) is 5.32 Å². The van der Waals surface area contributed by atoms with Gasteiger partial charge in [-0.3, -0.25) is 4.79 Å². The quantitative estimate of drug-likeness (QED) is 0.632. The molecule has 2 aromatic rings. The molecule has 136 valence electrons. The van der Waals surface area contributed by atoms with Crippen molar-refractivity contribution < 1.29 is 4.79 Å². The van der Waals surface area contributed by atoms with Crippen LogP contribution in [0.2, 0.25) is 10.0 Å². The number of nitrogens with one attached hydrogen (secondary N) is 1. The van der Waals surface area contributed by atoms with Crippen LogP contribution in [0.25, 0.3) is 0 Å². The predicted molar refractivity (Wildman–Crippen MR) is 108 cm³/mol. The van der Waals surface area contributed by atoms with Crippen LogP contribution in [0.3, 0.4) is 0 Å². The molecule has 1 aromatic carbocycles. The van der Waals surface area contributed by atoms with Gasteiger partial charge in [0.15, 0.2) is 0 Å². The SMILES string of the molecule is CC(C)(C)[C@H]1CCc2c(sc(NC(=O)c3c(Cl)cccc3Cl)c2C#N)C1. The lowest BCUT2D eigenvalue weighted by atomic mass is 9.72. The molecule has 0 radical (unpaired) electrons. The van der Waals surface area contributed by atoms with Crippen LogP contribution in [-0.4, -0.2) is 5.91 Å². The number of carbonyl (C=O) groups is 1. The lowest BCUT2D eigenvalue weighted by Gasteiger charge is -2.33. The number of rotatable bonds is 2. The Bertz CT molecular complexity index is 886. The average Bonchev–Trinajstić information content (AvgIpc) is 2.89. The number of halogens is 2. The molecule has 1 amide bonds. The third kappa shape index (κ3) is 3.62. The largest absolute Gasteiger partial charge is 0.312 e. The molecule has 26 heavy (non-hydrogen) atoms. The Hall–Kier alpha value is -1.54. The fourth-order valence-corrected chi connectivity index (χ4v) is 5.25. The highest BCUT2D eigenvalue weighted by Crippen LogP contribution is 2.44. The highest BCUT2D eigenvalue weighted by molar-refractivity contribution is 7.16. The lowest BCUT2D eigenvalue weighted by Crippen LogP contribution is -2.26. The molecule has 1 heterocycles. The summed E-state index contributed by atoms with van der Waals surface area (Å²) < 4.78 is 0. The fourth-order valence-electron chi connectivity index (χ4n) is 3.41. The van der Waals surface area contributed by atoms with E-state index in [1.165, 1.54) is 16.2 Å². The Balaban J connectivity index is 1.92. The summed E-state index contributed by atoms with van der Waals surface area (Å²) in [6.45, 7) is 6.76. The van der Waals surface area contributed by atoms with Crippen molar-refractivity contribution in [3.8, 4) is 6.07 Å². The minimum absolute atomic E-state index is 0.225. The van der Waals surface area contributed by atoms with Crippen LogP contribution in [0.15, 0.2) is 18.2 Å². The second-order valence-corrected chi connectivity index (χ2v) is 9.60. The van der Waals surface area contributed by atoms with Gasteiger partial charge in [-0.1, -0.05) is 50.0 Å². The number of carbonyl (C=O) groups excluding carboxylic acids is 1. The van der Waals surface area contributed by atoms with Gasteiger partial charge in [0.1, 0.15) is 11.1 Å². The number of thiophene rings is 1. The van der Waals surface area contributed by atoms with E-state index in [0.717, 1.165) is 24.8 Å². The van der Waals surface area contributed by atoms with E-state index in [1.807, 2.05) is 0 Å². The maximum Gasteiger partial charge on any atom is 0.259 e. The minimum atomic E-state index is -0.386. The second-order valence-electron chi connectivity index (χ2n) is 7.68. The molecule has 1 aromatic heterocycles. The van der Waals surface area contributed by atoms with Gasteiger partial charge in [-0.05, 0) is 48.3 Å². The third-order valence-corrected chi connectivity index (χ3v) is 6.82. The van der Waals surface area contributed by atoms with Crippen LogP contribution < -0.4 is 5.32 Å². The van der Waals surface area contributed by atoms with Gasteiger partial charge in [0.05, 0.1) is 21.2 Å². The van der Waals surface area contributed by atoms with E-state index in [4.69, 9.17) is 23.2 Å². The molecule has 1 aliphatic carbocycles. The number of hydrogen-bond acceptors (Lipinski definition) is 3. The van der Waals surface area contributed by atoms with Crippen LogP contribution in [0.1, 0.15) is 53.6 Å². The van der Waals surface area contributed by atoms with Crippen LogP contribution in [0.5, 0.6) is 0 Å².